The summed E-state index contributed by atoms with van der Waals surface area (Å²) in [7, 11) is 2.13. The molecule has 2 atom stereocenters. The van der Waals surface area contributed by atoms with Gasteiger partial charge in [-0.3, -0.25) is 9.59 Å². The lowest BCUT2D eigenvalue weighted by molar-refractivity contribution is -0.148. The fraction of sp³-hybridized carbons (Fsp3) is 0.579. The van der Waals surface area contributed by atoms with E-state index in [1.165, 1.54) is 0 Å². The molecule has 2 aliphatic rings. The summed E-state index contributed by atoms with van der Waals surface area (Å²) in [6.45, 7) is 4.76. The van der Waals surface area contributed by atoms with Gasteiger partial charge in [-0.05, 0) is 56.8 Å². The second-order valence-electron chi connectivity index (χ2n) is 6.98. The maximum atomic E-state index is 12.7. The Hall–Kier alpha value is -1.88. The fourth-order valence-corrected chi connectivity index (χ4v) is 4.09. The van der Waals surface area contributed by atoms with Gasteiger partial charge in [0.05, 0.1) is 0 Å². The van der Waals surface area contributed by atoms with Crippen molar-refractivity contribution in [3.05, 3.63) is 29.8 Å². The Labute approximate surface area is 144 Å². The van der Waals surface area contributed by atoms with Crippen LogP contribution in [0.25, 0.3) is 0 Å². The number of piperidine rings is 2. The maximum Gasteiger partial charge on any atom is 0.313 e. The Balaban J connectivity index is 1.70. The van der Waals surface area contributed by atoms with Gasteiger partial charge in [0, 0.05) is 24.8 Å². The minimum absolute atomic E-state index is 0.217. The number of para-hydroxylation sites is 1. The number of aryl methyl sites for hydroxylation is 1. The zero-order valence-electron chi connectivity index (χ0n) is 14.6. The van der Waals surface area contributed by atoms with E-state index in [-0.39, 0.29) is 11.9 Å². The molecule has 2 fully saturated rings. The Bertz CT molecular complexity index is 616. The first kappa shape index (κ1) is 17.0. The van der Waals surface area contributed by atoms with Crippen LogP contribution in [-0.2, 0) is 16.0 Å². The predicted molar refractivity (Wildman–Crippen MR) is 94.8 cm³/mol. The number of nitrogens with zero attached hydrogens (tertiary/aromatic N) is 2. The van der Waals surface area contributed by atoms with Gasteiger partial charge in [-0.15, -0.1) is 0 Å². The minimum atomic E-state index is -0.504. The summed E-state index contributed by atoms with van der Waals surface area (Å²) in [5, 5.41) is 2.82. The van der Waals surface area contributed by atoms with Crippen molar-refractivity contribution in [2.45, 2.75) is 38.6 Å². The number of hydrogen-bond donors (Lipinski definition) is 1. The lowest BCUT2D eigenvalue weighted by atomic mass is 9.84. The number of anilines is 1. The number of carbonyl (C=O) groups excluding carboxylic acids is 2. The number of rotatable bonds is 2. The average Bonchev–Trinajstić information content (AvgIpc) is 2.60. The summed E-state index contributed by atoms with van der Waals surface area (Å²) < 4.78 is 0. The quantitative estimate of drug-likeness (QED) is 0.846. The molecule has 0 spiro atoms. The molecule has 2 amide bonds. The molecular weight excluding hydrogens is 302 g/mol. The van der Waals surface area contributed by atoms with Gasteiger partial charge in [0.15, 0.2) is 0 Å². The first-order valence-electron chi connectivity index (χ1n) is 8.98. The third-order valence-corrected chi connectivity index (χ3v) is 5.37. The fourth-order valence-electron chi connectivity index (χ4n) is 4.09. The lowest BCUT2D eigenvalue weighted by Gasteiger charge is -2.46. The molecule has 2 saturated heterocycles. The van der Waals surface area contributed by atoms with E-state index in [1.54, 1.807) is 0 Å². The molecular formula is C19H27N3O2. The summed E-state index contributed by atoms with van der Waals surface area (Å²) >= 11 is 0. The van der Waals surface area contributed by atoms with Crippen LogP contribution in [0.4, 0.5) is 5.69 Å². The van der Waals surface area contributed by atoms with E-state index < -0.39 is 5.91 Å². The van der Waals surface area contributed by atoms with E-state index in [1.807, 2.05) is 36.1 Å². The molecule has 0 bridgehead atoms. The monoisotopic (exact) mass is 329 g/mol. The van der Waals surface area contributed by atoms with Crippen molar-refractivity contribution >= 4 is 17.5 Å². The van der Waals surface area contributed by atoms with Gasteiger partial charge in [0.2, 0.25) is 0 Å². The number of nitrogens with one attached hydrogen (secondary N) is 1. The molecule has 1 aromatic carbocycles. The minimum Gasteiger partial charge on any atom is -0.331 e. The molecule has 0 aromatic heterocycles. The van der Waals surface area contributed by atoms with Crippen molar-refractivity contribution in [3.63, 3.8) is 0 Å². The zero-order valence-corrected chi connectivity index (χ0v) is 14.6. The van der Waals surface area contributed by atoms with Crippen molar-refractivity contribution in [2.24, 2.45) is 5.92 Å². The van der Waals surface area contributed by atoms with Gasteiger partial charge in [-0.1, -0.05) is 25.1 Å². The smallest absolute Gasteiger partial charge is 0.313 e. The molecule has 1 N–H and O–H groups in total. The summed E-state index contributed by atoms with van der Waals surface area (Å²) in [6.07, 6.45) is 3.93. The molecule has 3 rings (SSSR count). The van der Waals surface area contributed by atoms with Crippen LogP contribution < -0.4 is 5.32 Å². The Morgan fingerprint density at radius 2 is 2.00 bits per heavy atom. The first-order chi connectivity index (χ1) is 11.6. The molecule has 0 saturated carbocycles. The molecule has 24 heavy (non-hydrogen) atoms. The standard InChI is InChI=1S/C19H27N3O2/c1-3-14-7-4-5-9-16(14)20-18(23)19(24)22-11-6-8-15-13-21(2)12-10-17(15)22/h4-5,7,9,15,17H,3,6,8,10-13H2,1-2H3,(H,20,23)/t15-,17-/m0/s1. The Morgan fingerprint density at radius 1 is 1.21 bits per heavy atom. The number of carbonyl (C=O) groups is 2. The maximum absolute atomic E-state index is 12.7. The highest BCUT2D eigenvalue weighted by Gasteiger charge is 2.39. The number of benzene rings is 1. The molecule has 1 aromatic rings. The van der Waals surface area contributed by atoms with Gasteiger partial charge in [0.1, 0.15) is 0 Å². The van der Waals surface area contributed by atoms with Gasteiger partial charge >= 0.3 is 11.8 Å². The topological polar surface area (TPSA) is 52.7 Å². The van der Waals surface area contributed by atoms with Crippen molar-refractivity contribution in [1.82, 2.24) is 9.80 Å². The SMILES string of the molecule is CCc1ccccc1NC(=O)C(=O)N1CCC[C@H]2CN(C)CC[C@@H]21. The van der Waals surface area contributed by atoms with Crippen LogP contribution in [0, 0.1) is 5.92 Å². The zero-order chi connectivity index (χ0) is 17.1. The van der Waals surface area contributed by atoms with Crippen molar-refractivity contribution < 1.29 is 9.59 Å². The molecule has 2 aliphatic heterocycles. The normalized spacial score (nSPS) is 24.3. The van der Waals surface area contributed by atoms with Gasteiger partial charge in [0.25, 0.3) is 0 Å². The average molecular weight is 329 g/mol. The van der Waals surface area contributed by atoms with E-state index >= 15 is 0 Å². The van der Waals surface area contributed by atoms with Crippen LogP contribution in [0.15, 0.2) is 24.3 Å². The van der Waals surface area contributed by atoms with Crippen LogP contribution in [0.3, 0.4) is 0 Å². The Morgan fingerprint density at radius 3 is 2.79 bits per heavy atom. The van der Waals surface area contributed by atoms with Gasteiger partial charge < -0.3 is 15.1 Å². The van der Waals surface area contributed by atoms with Crippen LogP contribution in [-0.4, -0.2) is 54.3 Å². The predicted octanol–water partition coefficient (Wildman–Crippen LogP) is 2.13. The summed E-state index contributed by atoms with van der Waals surface area (Å²) in [4.78, 5) is 29.4. The second-order valence-corrected chi connectivity index (χ2v) is 6.98. The summed E-state index contributed by atoms with van der Waals surface area (Å²) in [5.41, 5.74) is 1.80. The lowest BCUT2D eigenvalue weighted by Crippen LogP contribution is -2.57. The van der Waals surface area contributed by atoms with Crippen LogP contribution >= 0.6 is 0 Å². The summed E-state index contributed by atoms with van der Waals surface area (Å²) in [6, 6.07) is 7.89. The molecule has 5 heteroatoms. The molecule has 0 radical (unpaired) electrons. The second kappa shape index (κ2) is 7.34. The van der Waals surface area contributed by atoms with E-state index in [0.717, 1.165) is 50.0 Å². The molecule has 2 heterocycles. The van der Waals surface area contributed by atoms with Crippen molar-refractivity contribution in [1.29, 1.82) is 0 Å². The van der Waals surface area contributed by atoms with Gasteiger partial charge in [-0.2, -0.15) is 0 Å². The van der Waals surface area contributed by atoms with E-state index in [9.17, 15) is 9.59 Å². The third-order valence-electron chi connectivity index (χ3n) is 5.37. The number of likely N-dealkylation sites (tertiary alicyclic amines) is 2. The van der Waals surface area contributed by atoms with Crippen molar-refractivity contribution in [2.75, 3.05) is 32.0 Å². The highest BCUT2D eigenvalue weighted by atomic mass is 16.2. The van der Waals surface area contributed by atoms with E-state index in [0.29, 0.717) is 12.5 Å². The van der Waals surface area contributed by atoms with Gasteiger partial charge in [-0.25, -0.2) is 0 Å². The molecule has 0 unspecified atom stereocenters. The number of amides is 2. The van der Waals surface area contributed by atoms with Crippen LogP contribution in [0.1, 0.15) is 31.7 Å². The highest BCUT2D eigenvalue weighted by molar-refractivity contribution is 6.39. The van der Waals surface area contributed by atoms with E-state index in [2.05, 4.69) is 17.3 Å². The summed E-state index contributed by atoms with van der Waals surface area (Å²) in [5.74, 6) is -0.382. The molecule has 0 aliphatic carbocycles. The Kier molecular flexibility index (Phi) is 5.19. The largest absolute Gasteiger partial charge is 0.331 e. The van der Waals surface area contributed by atoms with E-state index in [4.69, 9.17) is 0 Å². The third kappa shape index (κ3) is 3.46. The highest BCUT2D eigenvalue weighted by Crippen LogP contribution is 2.30. The number of fused-ring (bicyclic) bond motifs is 1. The van der Waals surface area contributed by atoms with Crippen LogP contribution in [0.2, 0.25) is 0 Å². The molecule has 130 valence electrons. The molecule has 5 nitrogen and oxygen atoms in total. The van der Waals surface area contributed by atoms with Crippen LogP contribution in [0.5, 0.6) is 0 Å². The first-order valence-corrected chi connectivity index (χ1v) is 8.98. The van der Waals surface area contributed by atoms with Crippen molar-refractivity contribution in [3.8, 4) is 0 Å². The number of hydrogen-bond acceptors (Lipinski definition) is 3.